The van der Waals surface area contributed by atoms with Crippen molar-refractivity contribution in [3.63, 3.8) is 0 Å². The van der Waals surface area contributed by atoms with Crippen LogP contribution in [0.25, 0.3) is 0 Å². The standard InChI is InChI=1S/C13H25N3O2/c1-4-11(8-9-14)6-7-12-15-13(16-18-12)10(3)17-5-2/h10-11H,4-9,14H2,1-3H3. The van der Waals surface area contributed by atoms with Crippen LogP contribution in [0.5, 0.6) is 0 Å². The summed E-state index contributed by atoms with van der Waals surface area (Å²) in [5, 5.41) is 3.95. The summed E-state index contributed by atoms with van der Waals surface area (Å²) in [5.74, 6) is 1.99. The Balaban J connectivity index is 2.43. The zero-order valence-electron chi connectivity index (χ0n) is 11.7. The molecule has 2 unspecified atom stereocenters. The molecular weight excluding hydrogens is 230 g/mol. The van der Waals surface area contributed by atoms with Crippen LogP contribution in [0, 0.1) is 5.92 Å². The van der Waals surface area contributed by atoms with E-state index in [9.17, 15) is 0 Å². The Hall–Kier alpha value is -0.940. The summed E-state index contributed by atoms with van der Waals surface area (Å²) in [4.78, 5) is 4.36. The van der Waals surface area contributed by atoms with E-state index in [-0.39, 0.29) is 6.10 Å². The molecule has 0 aliphatic heterocycles. The number of rotatable bonds is 9. The van der Waals surface area contributed by atoms with Crippen LogP contribution in [0.4, 0.5) is 0 Å². The third-order valence-electron chi connectivity index (χ3n) is 3.18. The summed E-state index contributed by atoms with van der Waals surface area (Å²) in [5.41, 5.74) is 5.58. The molecule has 104 valence electrons. The van der Waals surface area contributed by atoms with Gasteiger partial charge in [0, 0.05) is 13.0 Å². The van der Waals surface area contributed by atoms with Crippen LogP contribution in [-0.4, -0.2) is 23.3 Å². The van der Waals surface area contributed by atoms with Crippen molar-refractivity contribution in [1.29, 1.82) is 0 Å². The third-order valence-corrected chi connectivity index (χ3v) is 3.18. The molecule has 18 heavy (non-hydrogen) atoms. The summed E-state index contributed by atoms with van der Waals surface area (Å²) in [6.07, 6.45) is 3.99. The first-order valence-corrected chi connectivity index (χ1v) is 6.85. The number of aromatic nitrogens is 2. The maximum Gasteiger partial charge on any atom is 0.226 e. The number of aryl methyl sites for hydroxylation is 1. The average molecular weight is 255 g/mol. The van der Waals surface area contributed by atoms with E-state index in [1.165, 1.54) is 0 Å². The lowest BCUT2D eigenvalue weighted by Crippen LogP contribution is -2.09. The average Bonchev–Trinajstić information content (AvgIpc) is 2.83. The van der Waals surface area contributed by atoms with Gasteiger partial charge in [-0.05, 0) is 39.2 Å². The highest BCUT2D eigenvalue weighted by atomic mass is 16.5. The first-order valence-electron chi connectivity index (χ1n) is 6.85. The molecule has 0 fully saturated rings. The summed E-state index contributed by atoms with van der Waals surface area (Å²) in [6.45, 7) is 7.47. The fraction of sp³-hybridized carbons (Fsp3) is 0.846. The molecule has 0 spiro atoms. The van der Waals surface area contributed by atoms with Crippen molar-refractivity contribution >= 4 is 0 Å². The minimum atomic E-state index is -0.0986. The molecule has 0 radical (unpaired) electrons. The molecule has 1 rings (SSSR count). The van der Waals surface area contributed by atoms with Crippen molar-refractivity contribution in [3.05, 3.63) is 11.7 Å². The molecule has 0 aliphatic rings. The van der Waals surface area contributed by atoms with Gasteiger partial charge in [0.05, 0.1) is 0 Å². The van der Waals surface area contributed by atoms with Gasteiger partial charge in [0.25, 0.3) is 0 Å². The molecule has 0 amide bonds. The third kappa shape index (κ3) is 4.74. The van der Waals surface area contributed by atoms with E-state index < -0.39 is 0 Å². The van der Waals surface area contributed by atoms with Crippen molar-refractivity contribution in [1.82, 2.24) is 10.1 Å². The van der Waals surface area contributed by atoms with E-state index in [4.69, 9.17) is 15.0 Å². The highest BCUT2D eigenvalue weighted by Crippen LogP contribution is 2.17. The summed E-state index contributed by atoms with van der Waals surface area (Å²) in [7, 11) is 0. The molecule has 0 bridgehead atoms. The number of nitrogens with zero attached hydrogens (tertiary/aromatic N) is 2. The Morgan fingerprint density at radius 1 is 1.33 bits per heavy atom. The molecule has 1 heterocycles. The monoisotopic (exact) mass is 255 g/mol. The van der Waals surface area contributed by atoms with Crippen molar-refractivity contribution in [2.45, 2.75) is 52.6 Å². The van der Waals surface area contributed by atoms with Crippen molar-refractivity contribution < 1.29 is 9.26 Å². The van der Waals surface area contributed by atoms with Gasteiger partial charge in [0.2, 0.25) is 5.89 Å². The van der Waals surface area contributed by atoms with E-state index in [0.29, 0.717) is 24.2 Å². The van der Waals surface area contributed by atoms with E-state index in [1.807, 2.05) is 13.8 Å². The predicted octanol–water partition coefficient (Wildman–Crippen LogP) is 2.47. The molecule has 5 nitrogen and oxygen atoms in total. The molecule has 0 aliphatic carbocycles. The molecule has 2 atom stereocenters. The van der Waals surface area contributed by atoms with Crippen LogP contribution in [0.1, 0.15) is 57.9 Å². The Morgan fingerprint density at radius 3 is 2.72 bits per heavy atom. The van der Waals surface area contributed by atoms with Gasteiger partial charge < -0.3 is 15.0 Å². The normalized spacial score (nSPS) is 14.7. The van der Waals surface area contributed by atoms with Crippen molar-refractivity contribution in [2.75, 3.05) is 13.2 Å². The quantitative estimate of drug-likeness (QED) is 0.733. The second-order valence-corrected chi connectivity index (χ2v) is 4.53. The summed E-state index contributed by atoms with van der Waals surface area (Å²) >= 11 is 0. The zero-order chi connectivity index (χ0) is 13.4. The van der Waals surface area contributed by atoms with Crippen LogP contribution in [0.3, 0.4) is 0 Å². The Morgan fingerprint density at radius 2 is 2.11 bits per heavy atom. The molecule has 2 N–H and O–H groups in total. The SMILES string of the molecule is CCOC(C)c1noc(CCC(CC)CCN)n1. The first kappa shape index (κ1) is 15.1. The van der Waals surface area contributed by atoms with Gasteiger partial charge in [-0.15, -0.1) is 0 Å². The minimum Gasteiger partial charge on any atom is -0.371 e. The van der Waals surface area contributed by atoms with E-state index in [1.54, 1.807) is 0 Å². The van der Waals surface area contributed by atoms with Gasteiger partial charge in [-0.25, -0.2) is 0 Å². The molecule has 1 aromatic rings. The smallest absolute Gasteiger partial charge is 0.226 e. The lowest BCUT2D eigenvalue weighted by molar-refractivity contribution is 0.0683. The van der Waals surface area contributed by atoms with Crippen LogP contribution in [0.15, 0.2) is 4.52 Å². The minimum absolute atomic E-state index is 0.0986. The number of nitrogens with two attached hydrogens (primary N) is 1. The summed E-state index contributed by atoms with van der Waals surface area (Å²) < 4.78 is 10.7. The number of hydrogen-bond donors (Lipinski definition) is 1. The van der Waals surface area contributed by atoms with Gasteiger partial charge in [-0.3, -0.25) is 0 Å². The van der Waals surface area contributed by atoms with E-state index >= 15 is 0 Å². The van der Waals surface area contributed by atoms with Gasteiger partial charge in [-0.1, -0.05) is 18.5 Å². The zero-order valence-corrected chi connectivity index (χ0v) is 11.7. The van der Waals surface area contributed by atoms with Crippen LogP contribution in [-0.2, 0) is 11.2 Å². The van der Waals surface area contributed by atoms with E-state index in [0.717, 1.165) is 32.2 Å². The highest BCUT2D eigenvalue weighted by Gasteiger charge is 2.14. The van der Waals surface area contributed by atoms with E-state index in [2.05, 4.69) is 17.1 Å². The van der Waals surface area contributed by atoms with Crippen LogP contribution < -0.4 is 5.73 Å². The van der Waals surface area contributed by atoms with Crippen LogP contribution in [0.2, 0.25) is 0 Å². The molecular formula is C13H25N3O2. The molecule has 5 heteroatoms. The Kier molecular flexibility index (Phi) is 6.90. The predicted molar refractivity (Wildman–Crippen MR) is 70.1 cm³/mol. The Bertz CT molecular complexity index is 328. The number of hydrogen-bond acceptors (Lipinski definition) is 5. The Labute approximate surface area is 109 Å². The molecule has 0 saturated carbocycles. The number of ether oxygens (including phenoxy) is 1. The van der Waals surface area contributed by atoms with Crippen molar-refractivity contribution in [2.24, 2.45) is 11.7 Å². The van der Waals surface area contributed by atoms with Gasteiger partial charge in [0.15, 0.2) is 5.82 Å². The van der Waals surface area contributed by atoms with Gasteiger partial charge in [-0.2, -0.15) is 4.98 Å². The van der Waals surface area contributed by atoms with Crippen LogP contribution >= 0.6 is 0 Å². The lowest BCUT2D eigenvalue weighted by atomic mass is 9.97. The summed E-state index contributed by atoms with van der Waals surface area (Å²) in [6, 6.07) is 0. The maximum absolute atomic E-state index is 5.58. The first-order chi connectivity index (χ1) is 8.71. The molecule has 0 aromatic carbocycles. The van der Waals surface area contributed by atoms with Gasteiger partial charge >= 0.3 is 0 Å². The lowest BCUT2D eigenvalue weighted by Gasteiger charge is -2.11. The maximum atomic E-state index is 5.58. The van der Waals surface area contributed by atoms with Crippen molar-refractivity contribution in [3.8, 4) is 0 Å². The second-order valence-electron chi connectivity index (χ2n) is 4.53. The second kappa shape index (κ2) is 8.21. The topological polar surface area (TPSA) is 74.2 Å². The fourth-order valence-electron chi connectivity index (χ4n) is 1.98. The highest BCUT2D eigenvalue weighted by molar-refractivity contribution is 4.90. The molecule has 0 saturated heterocycles. The largest absolute Gasteiger partial charge is 0.371 e. The molecule has 1 aromatic heterocycles. The van der Waals surface area contributed by atoms with Gasteiger partial charge in [0.1, 0.15) is 6.10 Å². The fourth-order valence-corrected chi connectivity index (χ4v) is 1.98.